The number of hydrogen-bond donors (Lipinski definition) is 0. The molecule has 4 aromatic carbocycles. The van der Waals surface area contributed by atoms with Crippen molar-refractivity contribution in [3.8, 4) is 17.3 Å². The summed E-state index contributed by atoms with van der Waals surface area (Å²) in [5, 5.41) is 2.34. The first-order valence-corrected chi connectivity index (χ1v) is 12.3. The predicted octanol–water partition coefficient (Wildman–Crippen LogP) is 7.49. The summed E-state index contributed by atoms with van der Waals surface area (Å²) in [6.45, 7) is 0.541. The molecule has 1 atom stereocenters. The summed E-state index contributed by atoms with van der Waals surface area (Å²) in [7, 11) is 0. The second-order valence-electron chi connectivity index (χ2n) is 9.02. The van der Waals surface area contributed by atoms with E-state index in [1.165, 1.54) is 5.39 Å². The molecular formula is C32H23N3O2. The summed E-state index contributed by atoms with van der Waals surface area (Å²) < 4.78 is 14.5. The van der Waals surface area contributed by atoms with Gasteiger partial charge in [-0.2, -0.15) is 0 Å². The molecule has 37 heavy (non-hydrogen) atoms. The molecule has 0 radical (unpaired) electrons. The number of pyridine rings is 1. The highest BCUT2D eigenvalue weighted by atomic mass is 16.5. The van der Waals surface area contributed by atoms with Gasteiger partial charge in [-0.25, -0.2) is 9.98 Å². The Labute approximate surface area is 214 Å². The number of benzene rings is 4. The van der Waals surface area contributed by atoms with Crippen molar-refractivity contribution in [3.05, 3.63) is 133 Å². The van der Waals surface area contributed by atoms with Gasteiger partial charge >= 0.3 is 0 Å². The van der Waals surface area contributed by atoms with Crippen molar-refractivity contribution in [2.45, 2.75) is 6.04 Å². The lowest BCUT2D eigenvalue weighted by Crippen LogP contribution is -2.01. The maximum absolute atomic E-state index is 6.34. The largest absolute Gasteiger partial charge is 0.475 e. The van der Waals surface area contributed by atoms with Gasteiger partial charge in [-0.15, -0.1) is 0 Å². The minimum absolute atomic E-state index is 0.0108. The van der Waals surface area contributed by atoms with E-state index in [1.807, 2.05) is 72.9 Å². The van der Waals surface area contributed by atoms with E-state index < -0.39 is 0 Å². The summed E-state index contributed by atoms with van der Waals surface area (Å²) in [5.74, 6) is 3.00. The number of nitrogens with zero attached hydrogens (tertiary/aromatic N) is 3. The summed E-state index contributed by atoms with van der Waals surface area (Å²) >= 11 is 0. The van der Waals surface area contributed by atoms with Gasteiger partial charge in [-0.1, -0.05) is 60.7 Å². The lowest BCUT2D eigenvalue weighted by molar-refractivity contribution is 0.319. The molecule has 0 fully saturated rings. The number of para-hydroxylation sites is 1. The summed E-state index contributed by atoms with van der Waals surface area (Å²) in [6, 6.07) is 38.7. The topological polar surface area (TPSA) is 48.6 Å². The molecule has 0 aliphatic carbocycles. The first-order valence-electron chi connectivity index (χ1n) is 12.3. The van der Waals surface area contributed by atoms with Crippen molar-refractivity contribution >= 4 is 27.7 Å². The molecule has 5 heteroatoms. The van der Waals surface area contributed by atoms with Crippen molar-refractivity contribution in [2.24, 2.45) is 4.99 Å². The lowest BCUT2D eigenvalue weighted by Gasteiger charge is -2.10. The van der Waals surface area contributed by atoms with E-state index in [-0.39, 0.29) is 6.04 Å². The van der Waals surface area contributed by atoms with Gasteiger partial charge in [0.1, 0.15) is 30.0 Å². The van der Waals surface area contributed by atoms with Crippen LogP contribution in [0.3, 0.4) is 0 Å². The van der Waals surface area contributed by atoms with E-state index in [1.54, 1.807) is 0 Å². The molecule has 178 valence electrons. The second-order valence-corrected chi connectivity index (χ2v) is 9.02. The van der Waals surface area contributed by atoms with Crippen LogP contribution < -0.4 is 4.74 Å². The Morgan fingerprint density at radius 3 is 2.41 bits per heavy atom. The van der Waals surface area contributed by atoms with Crippen LogP contribution in [0, 0.1) is 0 Å². The van der Waals surface area contributed by atoms with E-state index in [0.29, 0.717) is 12.5 Å². The molecule has 0 saturated carbocycles. The highest BCUT2D eigenvalue weighted by molar-refractivity contribution is 6.09. The highest BCUT2D eigenvalue weighted by Crippen LogP contribution is 2.35. The SMILES string of the molecule is c1ccc([C@@H]2COC(c3cccc(Oc4ccc5c6ccccc6n(-c6ccccn6)c5c4)c3)=N2)cc1. The zero-order chi connectivity index (χ0) is 24.6. The smallest absolute Gasteiger partial charge is 0.217 e. The van der Waals surface area contributed by atoms with E-state index in [0.717, 1.165) is 44.9 Å². The van der Waals surface area contributed by atoms with E-state index in [2.05, 4.69) is 58.1 Å². The minimum Gasteiger partial charge on any atom is -0.475 e. The maximum atomic E-state index is 6.34. The van der Waals surface area contributed by atoms with E-state index in [9.17, 15) is 0 Å². The Morgan fingerprint density at radius 2 is 1.51 bits per heavy atom. The third-order valence-corrected chi connectivity index (χ3v) is 6.68. The first kappa shape index (κ1) is 21.4. The van der Waals surface area contributed by atoms with Crippen LogP contribution in [0.5, 0.6) is 11.5 Å². The highest BCUT2D eigenvalue weighted by Gasteiger charge is 2.22. The fourth-order valence-corrected chi connectivity index (χ4v) is 4.95. The fraction of sp³-hybridized carbons (Fsp3) is 0.0625. The fourth-order valence-electron chi connectivity index (χ4n) is 4.95. The van der Waals surface area contributed by atoms with E-state index >= 15 is 0 Å². The molecule has 5 nitrogen and oxygen atoms in total. The Balaban J connectivity index is 1.24. The van der Waals surface area contributed by atoms with Gasteiger partial charge < -0.3 is 9.47 Å². The number of rotatable bonds is 5. The number of ether oxygens (including phenoxy) is 2. The van der Waals surface area contributed by atoms with Crippen molar-refractivity contribution in [3.63, 3.8) is 0 Å². The molecule has 6 aromatic rings. The maximum Gasteiger partial charge on any atom is 0.217 e. The summed E-state index contributed by atoms with van der Waals surface area (Å²) in [6.07, 6.45) is 1.82. The lowest BCUT2D eigenvalue weighted by atomic mass is 10.1. The van der Waals surface area contributed by atoms with Crippen LogP contribution in [0.25, 0.3) is 27.6 Å². The van der Waals surface area contributed by atoms with Gasteiger partial charge in [-0.05, 0) is 54.1 Å². The standard InChI is InChI=1S/C32H23N3O2/c1-2-9-22(10-3-1)28-21-36-32(34-28)23-11-8-12-24(19-23)37-25-16-17-27-26-13-4-5-14-29(26)35(30(27)20-25)31-15-6-7-18-33-31/h1-20,28H,21H2/t28-/m0/s1. The third-order valence-electron chi connectivity index (χ3n) is 6.68. The Kier molecular flexibility index (Phi) is 5.18. The number of aliphatic imine (C=N–C) groups is 1. The number of hydrogen-bond acceptors (Lipinski definition) is 4. The molecule has 0 amide bonds. The monoisotopic (exact) mass is 481 g/mol. The van der Waals surface area contributed by atoms with Crippen LogP contribution in [-0.2, 0) is 4.74 Å². The molecule has 0 bridgehead atoms. The molecule has 1 aliphatic rings. The van der Waals surface area contributed by atoms with Crippen molar-refractivity contribution in [1.82, 2.24) is 9.55 Å². The van der Waals surface area contributed by atoms with Crippen molar-refractivity contribution < 1.29 is 9.47 Å². The predicted molar refractivity (Wildman–Crippen MR) is 147 cm³/mol. The van der Waals surface area contributed by atoms with Gasteiger partial charge in [0, 0.05) is 28.6 Å². The van der Waals surface area contributed by atoms with E-state index in [4.69, 9.17) is 14.5 Å². The molecule has 2 aromatic heterocycles. The van der Waals surface area contributed by atoms with Crippen molar-refractivity contribution in [1.29, 1.82) is 0 Å². The Bertz CT molecular complexity index is 1760. The average Bonchev–Trinajstić information content (AvgIpc) is 3.58. The van der Waals surface area contributed by atoms with Crippen LogP contribution in [-0.4, -0.2) is 22.1 Å². The normalized spacial score (nSPS) is 15.0. The Hall–Kier alpha value is -4.90. The van der Waals surface area contributed by atoms with Gasteiger partial charge in [-0.3, -0.25) is 4.57 Å². The quantitative estimate of drug-likeness (QED) is 0.256. The van der Waals surface area contributed by atoms with Crippen LogP contribution in [0.15, 0.2) is 126 Å². The van der Waals surface area contributed by atoms with Gasteiger partial charge in [0.2, 0.25) is 5.90 Å². The molecule has 1 aliphatic heterocycles. The average molecular weight is 482 g/mol. The molecule has 7 rings (SSSR count). The van der Waals surface area contributed by atoms with Gasteiger partial charge in [0.05, 0.1) is 11.0 Å². The van der Waals surface area contributed by atoms with Crippen LogP contribution in [0.1, 0.15) is 17.2 Å². The van der Waals surface area contributed by atoms with Crippen LogP contribution in [0.4, 0.5) is 0 Å². The molecule has 0 saturated heterocycles. The molecule has 0 N–H and O–H groups in total. The zero-order valence-corrected chi connectivity index (χ0v) is 20.0. The first-order chi connectivity index (χ1) is 18.3. The molecule has 3 heterocycles. The molecule has 0 unspecified atom stereocenters. The minimum atomic E-state index is 0.0108. The summed E-state index contributed by atoms with van der Waals surface area (Å²) in [5.41, 5.74) is 4.21. The van der Waals surface area contributed by atoms with Crippen molar-refractivity contribution in [2.75, 3.05) is 6.61 Å². The van der Waals surface area contributed by atoms with Gasteiger partial charge in [0.15, 0.2) is 0 Å². The van der Waals surface area contributed by atoms with Crippen LogP contribution in [0.2, 0.25) is 0 Å². The molecule has 0 spiro atoms. The number of fused-ring (bicyclic) bond motifs is 3. The third kappa shape index (κ3) is 3.91. The zero-order valence-electron chi connectivity index (χ0n) is 20.0. The Morgan fingerprint density at radius 1 is 0.703 bits per heavy atom. The molecular weight excluding hydrogens is 458 g/mol. The second kappa shape index (κ2) is 8.95. The van der Waals surface area contributed by atoms with Crippen LogP contribution >= 0.6 is 0 Å². The van der Waals surface area contributed by atoms with Gasteiger partial charge in [0.25, 0.3) is 0 Å². The summed E-state index contributed by atoms with van der Waals surface area (Å²) in [4.78, 5) is 9.43. The number of aromatic nitrogens is 2.